The van der Waals surface area contributed by atoms with Gasteiger partial charge in [0.2, 0.25) is 0 Å². The number of nitrogens with one attached hydrogen (secondary N) is 1. The third-order valence-electron chi connectivity index (χ3n) is 2.81. The quantitative estimate of drug-likeness (QED) is 0.939. The summed E-state index contributed by atoms with van der Waals surface area (Å²) >= 11 is 6.13. The van der Waals surface area contributed by atoms with Crippen LogP contribution in [0.15, 0.2) is 18.2 Å². The molecule has 98 valence electrons. The van der Waals surface area contributed by atoms with Gasteiger partial charge in [-0.1, -0.05) is 11.6 Å². The molecule has 6 heteroatoms. The Morgan fingerprint density at radius 1 is 1.53 bits per heavy atom. The number of halogens is 2. The summed E-state index contributed by atoms with van der Waals surface area (Å²) in [5, 5.41) is 16.7. The average Bonchev–Trinajstić information content (AvgIpc) is 2.63. The van der Waals surface area contributed by atoms with E-state index in [9.17, 15) is 4.39 Å². The molecular formula is C13H12ClFN4. The Labute approximate surface area is 115 Å². The molecule has 2 aromatic rings. The summed E-state index contributed by atoms with van der Waals surface area (Å²) in [5.74, 6) is -0.525. The standard InChI is InChI=1S/C13H12ClFN4/c1-8-13(14)12(19(2)18-8)7-17-10-3-4-11(15)9(5-10)6-16/h3-5,17H,7H2,1-2H3. The molecule has 0 saturated carbocycles. The van der Waals surface area contributed by atoms with E-state index >= 15 is 0 Å². The minimum atomic E-state index is -0.525. The highest BCUT2D eigenvalue weighted by Gasteiger charge is 2.11. The van der Waals surface area contributed by atoms with Crippen LogP contribution in [0.4, 0.5) is 10.1 Å². The molecule has 0 fully saturated rings. The molecule has 1 N–H and O–H groups in total. The van der Waals surface area contributed by atoms with Gasteiger partial charge in [0.1, 0.15) is 11.9 Å². The summed E-state index contributed by atoms with van der Waals surface area (Å²) in [4.78, 5) is 0. The zero-order chi connectivity index (χ0) is 14.0. The molecule has 0 atom stereocenters. The van der Waals surface area contributed by atoms with Crippen LogP contribution in [0.5, 0.6) is 0 Å². The minimum absolute atomic E-state index is 0.0114. The van der Waals surface area contributed by atoms with E-state index in [1.54, 1.807) is 23.9 Å². The predicted octanol–water partition coefficient (Wildman–Crippen LogP) is 3.00. The minimum Gasteiger partial charge on any atom is -0.379 e. The van der Waals surface area contributed by atoms with Crippen molar-refractivity contribution < 1.29 is 4.39 Å². The lowest BCUT2D eigenvalue weighted by molar-refractivity contribution is 0.624. The number of rotatable bonds is 3. The number of hydrogen-bond acceptors (Lipinski definition) is 3. The van der Waals surface area contributed by atoms with E-state index in [2.05, 4.69) is 10.4 Å². The lowest BCUT2D eigenvalue weighted by Gasteiger charge is -2.08. The molecule has 0 aliphatic heterocycles. The van der Waals surface area contributed by atoms with Crippen LogP contribution in [0.1, 0.15) is 17.0 Å². The first-order valence-corrected chi connectivity index (χ1v) is 6.02. The lowest BCUT2D eigenvalue weighted by atomic mass is 10.2. The highest BCUT2D eigenvalue weighted by Crippen LogP contribution is 2.21. The number of anilines is 1. The number of aromatic nitrogens is 2. The van der Waals surface area contributed by atoms with Gasteiger partial charge in [-0.3, -0.25) is 4.68 Å². The van der Waals surface area contributed by atoms with Crippen molar-refractivity contribution in [1.82, 2.24) is 9.78 Å². The van der Waals surface area contributed by atoms with Crippen LogP contribution in [0.25, 0.3) is 0 Å². The third-order valence-corrected chi connectivity index (χ3v) is 3.30. The van der Waals surface area contributed by atoms with Gasteiger partial charge in [0.15, 0.2) is 0 Å². The highest BCUT2D eigenvalue weighted by atomic mass is 35.5. The highest BCUT2D eigenvalue weighted by molar-refractivity contribution is 6.31. The van der Waals surface area contributed by atoms with Gasteiger partial charge in [-0.25, -0.2) is 4.39 Å². The Balaban J connectivity index is 2.17. The SMILES string of the molecule is Cc1nn(C)c(CNc2ccc(F)c(C#N)c2)c1Cl. The first kappa shape index (κ1) is 13.4. The molecule has 1 aromatic carbocycles. The van der Waals surface area contributed by atoms with Crippen LogP contribution in [0, 0.1) is 24.1 Å². The van der Waals surface area contributed by atoms with Crippen LogP contribution in [0.2, 0.25) is 5.02 Å². The van der Waals surface area contributed by atoms with Crippen molar-refractivity contribution in [1.29, 1.82) is 5.26 Å². The number of nitrogens with zero attached hydrogens (tertiary/aromatic N) is 3. The van der Waals surface area contributed by atoms with E-state index in [0.29, 0.717) is 17.3 Å². The van der Waals surface area contributed by atoms with E-state index in [-0.39, 0.29) is 5.56 Å². The van der Waals surface area contributed by atoms with Crippen molar-refractivity contribution in [2.24, 2.45) is 7.05 Å². The molecule has 4 nitrogen and oxygen atoms in total. The fourth-order valence-electron chi connectivity index (χ4n) is 1.78. The second kappa shape index (κ2) is 5.29. The molecular weight excluding hydrogens is 267 g/mol. The zero-order valence-corrected chi connectivity index (χ0v) is 11.3. The van der Waals surface area contributed by atoms with Crippen molar-refractivity contribution in [2.45, 2.75) is 13.5 Å². The molecule has 0 radical (unpaired) electrons. The maximum Gasteiger partial charge on any atom is 0.141 e. The molecule has 0 unspecified atom stereocenters. The van der Waals surface area contributed by atoms with Crippen molar-refractivity contribution >= 4 is 17.3 Å². The first-order valence-electron chi connectivity index (χ1n) is 5.64. The molecule has 1 aromatic heterocycles. The lowest BCUT2D eigenvalue weighted by Crippen LogP contribution is -2.06. The van der Waals surface area contributed by atoms with Crippen molar-refractivity contribution in [2.75, 3.05) is 5.32 Å². The van der Waals surface area contributed by atoms with E-state index < -0.39 is 5.82 Å². The van der Waals surface area contributed by atoms with E-state index in [1.807, 2.05) is 6.92 Å². The van der Waals surface area contributed by atoms with Crippen LogP contribution >= 0.6 is 11.6 Å². The van der Waals surface area contributed by atoms with Crippen molar-refractivity contribution in [3.63, 3.8) is 0 Å². The topological polar surface area (TPSA) is 53.6 Å². The van der Waals surface area contributed by atoms with E-state index in [0.717, 1.165) is 11.4 Å². The normalized spacial score (nSPS) is 10.3. The summed E-state index contributed by atoms with van der Waals surface area (Å²) in [6, 6.07) is 6.10. The maximum absolute atomic E-state index is 13.2. The van der Waals surface area contributed by atoms with E-state index in [1.165, 1.54) is 12.1 Å². The molecule has 0 aliphatic rings. The predicted molar refractivity (Wildman–Crippen MR) is 71.4 cm³/mol. The fourth-order valence-corrected chi connectivity index (χ4v) is 2.01. The number of nitriles is 1. The second-order valence-electron chi connectivity index (χ2n) is 4.13. The Kier molecular flexibility index (Phi) is 3.72. The largest absolute Gasteiger partial charge is 0.379 e. The molecule has 19 heavy (non-hydrogen) atoms. The maximum atomic E-state index is 13.2. The van der Waals surface area contributed by atoms with Gasteiger partial charge >= 0.3 is 0 Å². The molecule has 0 saturated heterocycles. The third kappa shape index (κ3) is 2.69. The Bertz CT molecular complexity index is 657. The number of aryl methyl sites for hydroxylation is 2. The van der Waals surface area contributed by atoms with Gasteiger partial charge in [0.25, 0.3) is 0 Å². The van der Waals surface area contributed by atoms with Gasteiger partial charge in [0.05, 0.1) is 28.5 Å². The second-order valence-corrected chi connectivity index (χ2v) is 4.51. The van der Waals surface area contributed by atoms with Crippen molar-refractivity contribution in [3.8, 4) is 6.07 Å². The summed E-state index contributed by atoms with van der Waals surface area (Å²) in [7, 11) is 1.81. The number of benzene rings is 1. The fraction of sp³-hybridized carbons (Fsp3) is 0.231. The Hall–Kier alpha value is -2.06. The summed E-state index contributed by atoms with van der Waals surface area (Å²) < 4.78 is 14.9. The van der Waals surface area contributed by atoms with Gasteiger partial charge in [0, 0.05) is 12.7 Å². The summed E-state index contributed by atoms with van der Waals surface area (Å²) in [6.07, 6.45) is 0. The molecule has 2 rings (SSSR count). The molecule has 1 heterocycles. The van der Waals surface area contributed by atoms with Crippen LogP contribution in [-0.2, 0) is 13.6 Å². The number of hydrogen-bond donors (Lipinski definition) is 1. The zero-order valence-electron chi connectivity index (χ0n) is 10.5. The van der Waals surface area contributed by atoms with Gasteiger partial charge < -0.3 is 5.32 Å². The van der Waals surface area contributed by atoms with E-state index in [4.69, 9.17) is 16.9 Å². The van der Waals surface area contributed by atoms with Crippen LogP contribution < -0.4 is 5.32 Å². The van der Waals surface area contributed by atoms with Crippen molar-refractivity contribution in [3.05, 3.63) is 46.0 Å². The molecule has 0 spiro atoms. The van der Waals surface area contributed by atoms with Gasteiger partial charge in [-0.2, -0.15) is 10.4 Å². The van der Waals surface area contributed by atoms with Crippen LogP contribution in [-0.4, -0.2) is 9.78 Å². The Morgan fingerprint density at radius 2 is 2.26 bits per heavy atom. The molecule has 0 aliphatic carbocycles. The smallest absolute Gasteiger partial charge is 0.141 e. The van der Waals surface area contributed by atoms with Gasteiger partial charge in [-0.05, 0) is 25.1 Å². The summed E-state index contributed by atoms with van der Waals surface area (Å²) in [5.41, 5.74) is 2.27. The first-order chi connectivity index (χ1) is 9.02. The van der Waals surface area contributed by atoms with Gasteiger partial charge in [-0.15, -0.1) is 0 Å². The molecule has 0 amide bonds. The monoisotopic (exact) mass is 278 g/mol. The molecule has 0 bridgehead atoms. The summed E-state index contributed by atoms with van der Waals surface area (Å²) in [6.45, 7) is 2.28. The Morgan fingerprint density at radius 3 is 2.84 bits per heavy atom. The average molecular weight is 279 g/mol. The van der Waals surface area contributed by atoms with Crippen LogP contribution in [0.3, 0.4) is 0 Å².